The van der Waals surface area contributed by atoms with Gasteiger partial charge in [-0.15, -0.1) is 0 Å². The molecule has 0 atom stereocenters. The van der Waals surface area contributed by atoms with Crippen molar-refractivity contribution in [1.29, 1.82) is 5.26 Å². The molecule has 0 saturated heterocycles. The van der Waals surface area contributed by atoms with Gasteiger partial charge in [0.15, 0.2) is 0 Å². The summed E-state index contributed by atoms with van der Waals surface area (Å²) in [5, 5.41) is 15.0. The Bertz CT molecular complexity index is 756. The van der Waals surface area contributed by atoms with Crippen LogP contribution in [0.3, 0.4) is 0 Å². The molecule has 0 aliphatic heterocycles. The summed E-state index contributed by atoms with van der Waals surface area (Å²) in [7, 11) is 0. The van der Waals surface area contributed by atoms with Crippen LogP contribution in [0.2, 0.25) is 10.0 Å². The summed E-state index contributed by atoms with van der Waals surface area (Å²) in [5.41, 5.74) is 0.201. The number of hydrogen-bond acceptors (Lipinski definition) is 5. The maximum Gasteiger partial charge on any atom is 0.267 e. The minimum Gasteiger partial charge on any atom is -0.329 e. The molecular formula is C14H9Cl2N5O. The number of nitrogens with zero attached hydrogens (tertiary/aromatic N) is 3. The highest BCUT2D eigenvalue weighted by Gasteiger charge is 2.11. The van der Waals surface area contributed by atoms with Crippen LogP contribution in [0, 0.1) is 11.3 Å². The molecule has 0 bridgehead atoms. The van der Waals surface area contributed by atoms with E-state index in [0.717, 1.165) is 0 Å². The molecule has 110 valence electrons. The Morgan fingerprint density at radius 2 is 2.00 bits per heavy atom. The molecule has 0 saturated carbocycles. The highest BCUT2D eigenvalue weighted by molar-refractivity contribution is 6.36. The van der Waals surface area contributed by atoms with Gasteiger partial charge in [0.1, 0.15) is 11.6 Å². The number of rotatable bonds is 4. The van der Waals surface area contributed by atoms with Crippen molar-refractivity contribution in [3.05, 3.63) is 58.5 Å². The summed E-state index contributed by atoms with van der Waals surface area (Å²) >= 11 is 11.7. The molecule has 1 aromatic carbocycles. The van der Waals surface area contributed by atoms with Crippen LogP contribution in [0.25, 0.3) is 0 Å². The van der Waals surface area contributed by atoms with Crippen LogP contribution in [0.1, 0.15) is 0 Å². The lowest BCUT2D eigenvalue weighted by Crippen LogP contribution is -2.15. The van der Waals surface area contributed by atoms with Gasteiger partial charge < -0.3 is 10.6 Å². The Labute approximate surface area is 136 Å². The van der Waals surface area contributed by atoms with Gasteiger partial charge in [-0.1, -0.05) is 23.2 Å². The molecule has 0 unspecified atom stereocenters. The molecule has 1 amide bonds. The monoisotopic (exact) mass is 333 g/mol. The zero-order valence-corrected chi connectivity index (χ0v) is 12.6. The van der Waals surface area contributed by atoms with Crippen molar-refractivity contribution < 1.29 is 4.79 Å². The van der Waals surface area contributed by atoms with Gasteiger partial charge in [-0.25, -0.2) is 9.97 Å². The van der Waals surface area contributed by atoms with Crippen LogP contribution in [0.5, 0.6) is 0 Å². The first kappa shape index (κ1) is 15.8. The number of benzene rings is 1. The van der Waals surface area contributed by atoms with Gasteiger partial charge in [-0.3, -0.25) is 4.79 Å². The minimum atomic E-state index is -0.616. The second-order valence-electron chi connectivity index (χ2n) is 3.96. The molecule has 0 aliphatic rings. The lowest BCUT2D eigenvalue weighted by Gasteiger charge is -2.07. The standard InChI is InChI=1S/C14H9Cl2N5O/c15-10-2-3-12(11(16)6-10)21-13(22)9(7-17)8-20-14-18-4-1-5-19-14/h1-6,8H,(H,21,22)(H,18,19,20)/b9-8-. The molecule has 0 spiro atoms. The molecule has 1 aromatic heterocycles. The molecule has 8 heteroatoms. The average molecular weight is 334 g/mol. The van der Waals surface area contributed by atoms with Gasteiger partial charge in [0.25, 0.3) is 5.91 Å². The van der Waals surface area contributed by atoms with Crippen LogP contribution in [-0.4, -0.2) is 15.9 Å². The predicted octanol–water partition coefficient (Wildman–Crippen LogP) is 3.24. The maximum absolute atomic E-state index is 12.0. The summed E-state index contributed by atoms with van der Waals surface area (Å²) in [5.74, 6) is -0.345. The molecule has 22 heavy (non-hydrogen) atoms. The Kier molecular flexibility index (Phi) is 5.31. The number of aromatic nitrogens is 2. The van der Waals surface area contributed by atoms with E-state index >= 15 is 0 Å². The lowest BCUT2D eigenvalue weighted by atomic mass is 10.2. The first-order valence-electron chi connectivity index (χ1n) is 6.00. The first-order valence-corrected chi connectivity index (χ1v) is 6.76. The second-order valence-corrected chi connectivity index (χ2v) is 4.81. The van der Waals surface area contributed by atoms with Crippen LogP contribution in [0.4, 0.5) is 11.6 Å². The summed E-state index contributed by atoms with van der Waals surface area (Å²) in [6, 6.07) is 8.05. The number of nitriles is 1. The van der Waals surface area contributed by atoms with E-state index in [1.165, 1.54) is 24.7 Å². The maximum atomic E-state index is 12.0. The molecule has 0 radical (unpaired) electrons. The van der Waals surface area contributed by atoms with Crippen molar-refractivity contribution in [2.75, 3.05) is 10.6 Å². The Morgan fingerprint density at radius 1 is 1.27 bits per heavy atom. The summed E-state index contributed by atoms with van der Waals surface area (Å²) in [6.07, 6.45) is 4.28. The van der Waals surface area contributed by atoms with Crippen LogP contribution in [-0.2, 0) is 4.79 Å². The second kappa shape index (κ2) is 7.41. The first-order chi connectivity index (χ1) is 10.6. The van der Waals surface area contributed by atoms with E-state index in [2.05, 4.69) is 20.6 Å². The third kappa shape index (κ3) is 4.19. The summed E-state index contributed by atoms with van der Waals surface area (Å²) < 4.78 is 0. The van der Waals surface area contributed by atoms with Crippen molar-refractivity contribution in [1.82, 2.24) is 9.97 Å². The van der Waals surface area contributed by atoms with E-state index in [1.807, 2.05) is 0 Å². The van der Waals surface area contributed by atoms with E-state index in [1.54, 1.807) is 24.3 Å². The zero-order chi connectivity index (χ0) is 15.9. The van der Waals surface area contributed by atoms with Gasteiger partial charge in [-0.05, 0) is 24.3 Å². The quantitative estimate of drug-likeness (QED) is 0.662. The Morgan fingerprint density at radius 3 is 2.64 bits per heavy atom. The lowest BCUT2D eigenvalue weighted by molar-refractivity contribution is -0.112. The molecule has 1 heterocycles. The van der Waals surface area contributed by atoms with Gasteiger partial charge in [0, 0.05) is 23.6 Å². The third-order valence-electron chi connectivity index (χ3n) is 2.46. The number of amides is 1. The van der Waals surface area contributed by atoms with Crippen molar-refractivity contribution in [2.45, 2.75) is 0 Å². The number of hydrogen-bond donors (Lipinski definition) is 2. The third-order valence-corrected chi connectivity index (χ3v) is 3.00. The highest BCUT2D eigenvalue weighted by atomic mass is 35.5. The zero-order valence-electron chi connectivity index (χ0n) is 11.0. The van der Waals surface area contributed by atoms with Crippen molar-refractivity contribution in [3.8, 4) is 6.07 Å². The number of nitrogens with one attached hydrogen (secondary N) is 2. The van der Waals surface area contributed by atoms with Gasteiger partial charge >= 0.3 is 0 Å². The van der Waals surface area contributed by atoms with Gasteiger partial charge in [0.2, 0.25) is 5.95 Å². The van der Waals surface area contributed by atoms with Gasteiger partial charge in [0.05, 0.1) is 10.7 Å². The molecule has 2 aromatic rings. The number of carbonyl (C=O) groups excluding carboxylic acids is 1. The SMILES string of the molecule is N#C/C(=C/Nc1ncccn1)C(=O)Nc1ccc(Cl)cc1Cl. The van der Waals surface area contributed by atoms with E-state index in [-0.39, 0.29) is 16.5 Å². The van der Waals surface area contributed by atoms with E-state index < -0.39 is 5.91 Å². The fraction of sp³-hybridized carbons (Fsp3) is 0. The fourth-order valence-corrected chi connectivity index (χ4v) is 1.90. The number of halogens is 2. The van der Waals surface area contributed by atoms with Crippen molar-refractivity contribution in [2.24, 2.45) is 0 Å². The normalized spacial score (nSPS) is 10.7. The molecule has 2 rings (SSSR count). The average Bonchev–Trinajstić information content (AvgIpc) is 2.52. The number of carbonyl (C=O) groups is 1. The van der Waals surface area contributed by atoms with E-state index in [4.69, 9.17) is 28.5 Å². The Balaban J connectivity index is 2.10. The van der Waals surface area contributed by atoms with Crippen LogP contribution < -0.4 is 10.6 Å². The van der Waals surface area contributed by atoms with Crippen molar-refractivity contribution in [3.63, 3.8) is 0 Å². The van der Waals surface area contributed by atoms with Crippen LogP contribution >= 0.6 is 23.2 Å². The fourth-order valence-electron chi connectivity index (χ4n) is 1.44. The topological polar surface area (TPSA) is 90.7 Å². The van der Waals surface area contributed by atoms with Crippen LogP contribution in [0.15, 0.2) is 48.4 Å². The Hall–Kier alpha value is -2.62. The molecule has 0 aliphatic carbocycles. The summed E-state index contributed by atoms with van der Waals surface area (Å²) in [4.78, 5) is 19.8. The highest BCUT2D eigenvalue weighted by Crippen LogP contribution is 2.25. The van der Waals surface area contributed by atoms with Gasteiger partial charge in [-0.2, -0.15) is 5.26 Å². The summed E-state index contributed by atoms with van der Waals surface area (Å²) in [6.45, 7) is 0. The smallest absolute Gasteiger partial charge is 0.267 e. The van der Waals surface area contributed by atoms with E-state index in [0.29, 0.717) is 10.7 Å². The molecular weight excluding hydrogens is 325 g/mol. The minimum absolute atomic E-state index is 0.154. The molecule has 2 N–H and O–H groups in total. The van der Waals surface area contributed by atoms with Crippen molar-refractivity contribution >= 4 is 40.7 Å². The predicted molar refractivity (Wildman–Crippen MR) is 84.4 cm³/mol. The van der Waals surface area contributed by atoms with E-state index in [9.17, 15) is 4.79 Å². The number of anilines is 2. The molecule has 6 nitrogen and oxygen atoms in total. The molecule has 0 fully saturated rings. The largest absolute Gasteiger partial charge is 0.329 e.